The van der Waals surface area contributed by atoms with Crippen LogP contribution in [0.5, 0.6) is 11.5 Å². The summed E-state index contributed by atoms with van der Waals surface area (Å²) in [5.74, 6) is 1.29. The summed E-state index contributed by atoms with van der Waals surface area (Å²) in [6.45, 7) is 0.178. The zero-order valence-corrected chi connectivity index (χ0v) is 11.9. The van der Waals surface area contributed by atoms with Crippen LogP contribution in [-0.2, 0) is 4.79 Å². The number of thioether (sulfide) groups is 1. The number of amides is 1. The number of ketones is 1. The molecule has 2 heterocycles. The average molecular weight is 309 g/mol. The zero-order chi connectivity index (χ0) is 14.8. The van der Waals surface area contributed by atoms with Crippen LogP contribution in [0.15, 0.2) is 18.2 Å². The van der Waals surface area contributed by atoms with Gasteiger partial charge in [0, 0.05) is 5.56 Å². The Morgan fingerprint density at radius 1 is 1.38 bits per heavy atom. The molecular weight excluding hydrogens is 294 g/mol. The first kappa shape index (κ1) is 14.2. The molecule has 112 valence electrons. The van der Waals surface area contributed by atoms with Crippen molar-refractivity contribution >= 4 is 23.5 Å². The van der Waals surface area contributed by atoms with Gasteiger partial charge in [-0.25, -0.2) is 0 Å². The van der Waals surface area contributed by atoms with Gasteiger partial charge in [0.05, 0.1) is 18.3 Å². The number of nitrogens with one attached hydrogen (secondary N) is 2. The first-order valence-electron chi connectivity index (χ1n) is 6.47. The lowest BCUT2D eigenvalue weighted by atomic mass is 10.1. The van der Waals surface area contributed by atoms with Crippen LogP contribution in [0.25, 0.3) is 0 Å². The number of benzene rings is 1. The van der Waals surface area contributed by atoms with Crippen molar-refractivity contribution in [3.8, 4) is 11.5 Å². The molecule has 2 atom stereocenters. The molecule has 1 saturated heterocycles. The lowest BCUT2D eigenvalue weighted by Gasteiger charge is -2.28. The Labute approximate surface area is 125 Å². The minimum Gasteiger partial charge on any atom is -0.454 e. The molecule has 0 aromatic heterocycles. The van der Waals surface area contributed by atoms with Gasteiger partial charge in [0.15, 0.2) is 17.3 Å². The molecule has 0 spiro atoms. The summed E-state index contributed by atoms with van der Waals surface area (Å²) in [6, 6.07) is 5.09. The molecule has 2 unspecified atom stereocenters. The molecule has 4 N–H and O–H groups in total. The molecule has 0 aliphatic carbocycles. The molecule has 1 aromatic rings. The fraction of sp³-hybridized carbons (Fsp3) is 0.385. The number of carbonyl (C=O) groups excluding carboxylic acids is 2. The Morgan fingerprint density at radius 3 is 3.00 bits per heavy atom. The van der Waals surface area contributed by atoms with Crippen LogP contribution in [0.3, 0.4) is 0 Å². The number of nitrogens with two attached hydrogens (primary N) is 1. The lowest BCUT2D eigenvalue weighted by Crippen LogP contribution is -2.58. The van der Waals surface area contributed by atoms with Crippen molar-refractivity contribution < 1.29 is 19.1 Å². The van der Waals surface area contributed by atoms with Crippen molar-refractivity contribution in [1.82, 2.24) is 10.6 Å². The van der Waals surface area contributed by atoms with Gasteiger partial charge in [-0.05, 0) is 18.2 Å². The Morgan fingerprint density at radius 2 is 2.19 bits per heavy atom. The van der Waals surface area contributed by atoms with Crippen molar-refractivity contribution in [1.29, 1.82) is 0 Å². The second kappa shape index (κ2) is 5.92. The van der Waals surface area contributed by atoms with Crippen molar-refractivity contribution in [3.05, 3.63) is 23.8 Å². The number of fused-ring (bicyclic) bond motifs is 1. The van der Waals surface area contributed by atoms with E-state index in [0.29, 0.717) is 17.1 Å². The maximum atomic E-state index is 12.2. The van der Waals surface area contributed by atoms with Crippen LogP contribution in [0.4, 0.5) is 0 Å². The summed E-state index contributed by atoms with van der Waals surface area (Å²) in [4.78, 5) is 23.5. The van der Waals surface area contributed by atoms with E-state index in [1.54, 1.807) is 18.2 Å². The van der Waals surface area contributed by atoms with Crippen molar-refractivity contribution in [3.63, 3.8) is 0 Å². The zero-order valence-electron chi connectivity index (χ0n) is 11.1. The molecule has 2 aliphatic rings. The fourth-order valence-corrected chi connectivity index (χ4v) is 3.07. The highest BCUT2D eigenvalue weighted by molar-refractivity contribution is 8.00. The Kier molecular flexibility index (Phi) is 4.00. The molecule has 0 radical (unpaired) electrons. The maximum Gasteiger partial charge on any atom is 0.231 e. The predicted molar refractivity (Wildman–Crippen MR) is 77.0 cm³/mol. The van der Waals surface area contributed by atoms with E-state index in [9.17, 15) is 9.59 Å². The number of rotatable bonds is 4. The van der Waals surface area contributed by atoms with Gasteiger partial charge in [-0.2, -0.15) is 0 Å². The molecule has 3 rings (SSSR count). The van der Waals surface area contributed by atoms with E-state index in [0.717, 1.165) is 0 Å². The molecule has 21 heavy (non-hydrogen) atoms. The highest BCUT2D eigenvalue weighted by atomic mass is 32.2. The van der Waals surface area contributed by atoms with E-state index in [1.165, 1.54) is 11.8 Å². The lowest BCUT2D eigenvalue weighted by molar-refractivity contribution is -0.123. The quantitative estimate of drug-likeness (QED) is 0.673. The van der Waals surface area contributed by atoms with E-state index in [2.05, 4.69) is 10.6 Å². The third kappa shape index (κ3) is 3.29. The second-order valence-corrected chi connectivity index (χ2v) is 5.82. The average Bonchev–Trinajstić information content (AvgIpc) is 2.91. The van der Waals surface area contributed by atoms with Crippen molar-refractivity contribution in [2.24, 2.45) is 5.73 Å². The molecular formula is C13H15N3O4S. The van der Waals surface area contributed by atoms with Gasteiger partial charge in [-0.1, -0.05) is 0 Å². The number of ether oxygens (including phenoxy) is 2. The van der Waals surface area contributed by atoms with Crippen molar-refractivity contribution in [2.45, 2.75) is 18.1 Å². The molecule has 8 heteroatoms. The predicted octanol–water partition coefficient (Wildman–Crippen LogP) is 0.00910. The topological polar surface area (TPSA) is 103 Å². The summed E-state index contributed by atoms with van der Waals surface area (Å²) in [5, 5.41) is 5.74. The minimum atomic E-state index is -0.378. The number of Topliss-reactive ketones (excluding diaryl/α,β-unsaturated/α-hetero) is 1. The molecule has 1 amide bonds. The van der Waals surface area contributed by atoms with Gasteiger partial charge in [-0.3, -0.25) is 14.9 Å². The summed E-state index contributed by atoms with van der Waals surface area (Å²) in [6.07, 6.45) is -0.135. The van der Waals surface area contributed by atoms with E-state index >= 15 is 0 Å². The van der Waals surface area contributed by atoms with Gasteiger partial charge in [0.1, 0.15) is 5.50 Å². The first-order chi connectivity index (χ1) is 10.1. The van der Waals surface area contributed by atoms with Crippen LogP contribution in [0.2, 0.25) is 0 Å². The Hall–Kier alpha value is -1.77. The summed E-state index contributed by atoms with van der Waals surface area (Å²) in [5.41, 5.74) is 5.90. The minimum absolute atomic E-state index is 0.0477. The number of hydrogen-bond acceptors (Lipinski definition) is 7. The Balaban J connectivity index is 1.58. The molecule has 0 saturated carbocycles. The largest absolute Gasteiger partial charge is 0.454 e. The van der Waals surface area contributed by atoms with Crippen LogP contribution in [0.1, 0.15) is 16.8 Å². The first-order valence-corrected chi connectivity index (χ1v) is 7.52. The van der Waals surface area contributed by atoms with E-state index in [4.69, 9.17) is 15.2 Å². The van der Waals surface area contributed by atoms with Crippen LogP contribution in [0, 0.1) is 0 Å². The molecule has 0 bridgehead atoms. The standard InChI is InChI=1S/C13H15N3O4S/c14-11-4-12(18)16-13(15-11)21-5-8(17)7-1-2-9-10(3-7)20-6-19-9/h1-3,11,13,15H,4-6,14H2,(H,16,18). The SMILES string of the molecule is NC1CC(=O)NC(SCC(=O)c2ccc3c(c2)OCO3)N1. The normalized spacial score (nSPS) is 23.8. The van der Waals surface area contributed by atoms with Crippen molar-refractivity contribution in [2.75, 3.05) is 12.5 Å². The number of carbonyl (C=O) groups is 2. The molecule has 2 aliphatic heterocycles. The fourth-order valence-electron chi connectivity index (χ4n) is 2.10. The van der Waals surface area contributed by atoms with Crippen LogP contribution < -0.4 is 25.8 Å². The highest BCUT2D eigenvalue weighted by Crippen LogP contribution is 2.32. The van der Waals surface area contributed by atoms with Gasteiger partial charge in [0.25, 0.3) is 0 Å². The molecule has 7 nitrogen and oxygen atoms in total. The van der Waals surface area contributed by atoms with E-state index < -0.39 is 0 Å². The summed E-state index contributed by atoms with van der Waals surface area (Å²) < 4.78 is 10.4. The highest BCUT2D eigenvalue weighted by Gasteiger charge is 2.24. The van der Waals surface area contributed by atoms with Gasteiger partial charge in [-0.15, -0.1) is 11.8 Å². The van der Waals surface area contributed by atoms with Gasteiger partial charge >= 0.3 is 0 Å². The summed E-state index contributed by atoms with van der Waals surface area (Å²) >= 11 is 1.30. The third-order valence-corrected chi connectivity index (χ3v) is 4.15. The molecule has 1 aromatic carbocycles. The summed E-state index contributed by atoms with van der Waals surface area (Å²) in [7, 11) is 0. The molecule has 1 fully saturated rings. The number of hydrogen-bond donors (Lipinski definition) is 3. The third-order valence-electron chi connectivity index (χ3n) is 3.14. The van der Waals surface area contributed by atoms with Crippen LogP contribution in [-0.4, -0.2) is 35.9 Å². The second-order valence-electron chi connectivity index (χ2n) is 4.73. The smallest absolute Gasteiger partial charge is 0.231 e. The van der Waals surface area contributed by atoms with Gasteiger partial charge in [0.2, 0.25) is 12.7 Å². The van der Waals surface area contributed by atoms with Gasteiger partial charge < -0.3 is 20.5 Å². The van der Waals surface area contributed by atoms with E-state index in [1.807, 2.05) is 0 Å². The Bertz CT molecular complexity index is 581. The maximum absolute atomic E-state index is 12.2. The van der Waals surface area contributed by atoms with Crippen LogP contribution >= 0.6 is 11.8 Å². The van der Waals surface area contributed by atoms with E-state index in [-0.39, 0.29) is 42.3 Å². The monoisotopic (exact) mass is 309 g/mol.